The lowest BCUT2D eigenvalue weighted by Crippen LogP contribution is -2.12. The van der Waals surface area contributed by atoms with Gasteiger partial charge in [0.1, 0.15) is 6.61 Å². The number of hydrogen-bond donors (Lipinski definition) is 1. The summed E-state index contributed by atoms with van der Waals surface area (Å²) in [5.41, 5.74) is 1.06. The second kappa shape index (κ2) is 5.77. The minimum Gasteiger partial charge on any atom is -0.474 e. The molecule has 0 amide bonds. The number of carboxylic acids is 1. The van der Waals surface area contributed by atoms with Gasteiger partial charge in [0.05, 0.1) is 12.1 Å². The fourth-order valence-electron chi connectivity index (χ4n) is 1.48. The van der Waals surface area contributed by atoms with Crippen molar-refractivity contribution >= 4 is 22.8 Å². The molecular formula is C13H12N2O3. The highest BCUT2D eigenvalue weighted by atomic mass is 16.5. The molecule has 2 aromatic rings. The molecule has 0 fully saturated rings. The van der Waals surface area contributed by atoms with Gasteiger partial charge < -0.3 is 9.84 Å². The molecule has 18 heavy (non-hydrogen) atoms. The third-order valence-corrected chi connectivity index (χ3v) is 2.28. The molecule has 92 valence electrons. The van der Waals surface area contributed by atoms with Crippen molar-refractivity contribution in [1.82, 2.24) is 4.98 Å². The fourth-order valence-corrected chi connectivity index (χ4v) is 1.48. The Morgan fingerprint density at radius 2 is 2.00 bits per heavy atom. The van der Waals surface area contributed by atoms with Gasteiger partial charge in [0.15, 0.2) is 0 Å². The van der Waals surface area contributed by atoms with E-state index in [2.05, 4.69) is 26.8 Å². The van der Waals surface area contributed by atoms with E-state index >= 15 is 0 Å². The number of hydrogen-bond acceptors (Lipinski definition) is 4. The van der Waals surface area contributed by atoms with Crippen molar-refractivity contribution in [3.05, 3.63) is 42.6 Å². The SMILES string of the molecule is O=C(O)C1=NCCO1.c1ccc2ncccc2c1. The maximum Gasteiger partial charge on any atom is 0.391 e. The van der Waals surface area contributed by atoms with Gasteiger partial charge in [0.2, 0.25) is 0 Å². The number of ether oxygens (including phenoxy) is 1. The Balaban J connectivity index is 0.000000138. The highest BCUT2D eigenvalue weighted by Gasteiger charge is 2.14. The number of aliphatic carboxylic acids is 1. The topological polar surface area (TPSA) is 71.8 Å². The molecular weight excluding hydrogens is 232 g/mol. The molecule has 1 aliphatic rings. The molecule has 2 heterocycles. The summed E-state index contributed by atoms with van der Waals surface area (Å²) in [5, 5.41) is 9.36. The molecule has 1 aliphatic heterocycles. The van der Waals surface area contributed by atoms with Crippen molar-refractivity contribution in [2.24, 2.45) is 4.99 Å². The van der Waals surface area contributed by atoms with E-state index in [9.17, 15) is 4.79 Å². The maximum absolute atomic E-state index is 9.95. The standard InChI is InChI=1S/C9H7N.C4H5NO3/c1-2-6-9-8(4-1)5-3-7-10-9;6-4(7)3-5-1-2-8-3/h1-7H;1-2H2,(H,6,7). The second-order valence-corrected chi connectivity index (χ2v) is 3.54. The fraction of sp³-hybridized carbons (Fsp3) is 0.154. The zero-order valence-corrected chi connectivity index (χ0v) is 9.61. The van der Waals surface area contributed by atoms with Crippen LogP contribution in [0.2, 0.25) is 0 Å². The van der Waals surface area contributed by atoms with Gasteiger partial charge in [0, 0.05) is 11.6 Å². The molecule has 5 nitrogen and oxygen atoms in total. The summed E-state index contributed by atoms with van der Waals surface area (Å²) in [6.45, 7) is 0.878. The van der Waals surface area contributed by atoms with Crippen LogP contribution in [0.15, 0.2) is 47.6 Å². The molecule has 0 unspecified atom stereocenters. The van der Waals surface area contributed by atoms with Crippen LogP contribution in [0.4, 0.5) is 0 Å². The van der Waals surface area contributed by atoms with Gasteiger partial charge in [0.25, 0.3) is 5.90 Å². The first-order chi connectivity index (χ1) is 8.77. The van der Waals surface area contributed by atoms with Crippen LogP contribution in [-0.4, -0.2) is 35.1 Å². The number of carbonyl (C=O) groups is 1. The average molecular weight is 244 g/mol. The van der Waals surface area contributed by atoms with Crippen LogP contribution < -0.4 is 0 Å². The van der Waals surface area contributed by atoms with Gasteiger partial charge in [-0.1, -0.05) is 24.3 Å². The van der Waals surface area contributed by atoms with E-state index in [0.29, 0.717) is 13.2 Å². The highest BCUT2D eigenvalue weighted by molar-refractivity contribution is 6.31. The summed E-state index contributed by atoms with van der Waals surface area (Å²) >= 11 is 0. The minimum atomic E-state index is -1.08. The molecule has 5 heteroatoms. The van der Waals surface area contributed by atoms with Crippen molar-refractivity contribution in [2.75, 3.05) is 13.2 Å². The van der Waals surface area contributed by atoms with Crippen molar-refractivity contribution in [3.8, 4) is 0 Å². The van der Waals surface area contributed by atoms with Crippen LogP contribution in [0.25, 0.3) is 10.9 Å². The maximum atomic E-state index is 9.95. The minimum absolute atomic E-state index is 0.162. The predicted molar refractivity (Wildman–Crippen MR) is 67.6 cm³/mol. The molecule has 1 aromatic carbocycles. The Bertz CT molecular complexity index is 516. The Hall–Kier alpha value is -2.43. The third-order valence-electron chi connectivity index (χ3n) is 2.28. The van der Waals surface area contributed by atoms with E-state index in [1.807, 2.05) is 30.5 Å². The van der Waals surface area contributed by atoms with Crippen LogP contribution in [0.1, 0.15) is 0 Å². The summed E-state index contributed by atoms with van der Waals surface area (Å²) in [4.78, 5) is 17.7. The van der Waals surface area contributed by atoms with E-state index in [4.69, 9.17) is 5.11 Å². The summed E-state index contributed by atoms with van der Waals surface area (Å²) in [5.74, 6) is -1.24. The van der Waals surface area contributed by atoms with Gasteiger partial charge in [-0.2, -0.15) is 0 Å². The molecule has 0 spiro atoms. The number of para-hydroxylation sites is 1. The molecule has 0 atom stereocenters. The number of rotatable bonds is 1. The van der Waals surface area contributed by atoms with Crippen LogP contribution in [0.3, 0.4) is 0 Å². The summed E-state index contributed by atoms with van der Waals surface area (Å²) in [6, 6.07) is 12.1. The molecule has 3 rings (SSSR count). The number of pyridine rings is 1. The Labute approximate surface area is 104 Å². The second-order valence-electron chi connectivity index (χ2n) is 3.54. The smallest absolute Gasteiger partial charge is 0.391 e. The van der Waals surface area contributed by atoms with Crippen LogP contribution in [-0.2, 0) is 9.53 Å². The van der Waals surface area contributed by atoms with Crippen LogP contribution >= 0.6 is 0 Å². The zero-order valence-electron chi connectivity index (χ0n) is 9.61. The Morgan fingerprint density at radius 3 is 2.61 bits per heavy atom. The predicted octanol–water partition coefficient (Wildman–Crippen LogP) is 1.73. The van der Waals surface area contributed by atoms with E-state index in [1.165, 1.54) is 5.39 Å². The largest absolute Gasteiger partial charge is 0.474 e. The van der Waals surface area contributed by atoms with Gasteiger partial charge in [-0.3, -0.25) is 4.98 Å². The average Bonchev–Trinajstić information content (AvgIpc) is 2.94. The monoisotopic (exact) mass is 244 g/mol. The molecule has 0 saturated carbocycles. The number of fused-ring (bicyclic) bond motifs is 1. The molecule has 1 aromatic heterocycles. The van der Waals surface area contributed by atoms with Crippen molar-refractivity contribution in [1.29, 1.82) is 0 Å². The number of aliphatic imine (C=N–C) groups is 1. The van der Waals surface area contributed by atoms with Gasteiger partial charge in [-0.25, -0.2) is 9.79 Å². The number of carboxylic acid groups (broad SMARTS) is 1. The first kappa shape index (κ1) is 12.0. The first-order valence-corrected chi connectivity index (χ1v) is 5.47. The summed E-state index contributed by atoms with van der Waals surface area (Å²) in [6.07, 6.45) is 1.81. The lowest BCUT2D eigenvalue weighted by molar-refractivity contribution is -0.130. The van der Waals surface area contributed by atoms with E-state index in [1.54, 1.807) is 0 Å². The number of aromatic nitrogens is 1. The van der Waals surface area contributed by atoms with Crippen molar-refractivity contribution < 1.29 is 14.6 Å². The van der Waals surface area contributed by atoms with Crippen LogP contribution in [0.5, 0.6) is 0 Å². The quantitative estimate of drug-likeness (QED) is 0.829. The van der Waals surface area contributed by atoms with E-state index in [0.717, 1.165) is 5.52 Å². The lowest BCUT2D eigenvalue weighted by Gasteiger charge is -1.91. The normalized spacial score (nSPS) is 13.2. The molecule has 0 radical (unpaired) electrons. The van der Waals surface area contributed by atoms with E-state index < -0.39 is 5.97 Å². The molecule has 0 bridgehead atoms. The summed E-state index contributed by atoms with van der Waals surface area (Å²) in [7, 11) is 0. The molecule has 1 N–H and O–H groups in total. The Kier molecular flexibility index (Phi) is 3.86. The first-order valence-electron chi connectivity index (χ1n) is 5.47. The summed E-state index contributed by atoms with van der Waals surface area (Å²) < 4.78 is 4.56. The molecule has 0 saturated heterocycles. The van der Waals surface area contributed by atoms with Gasteiger partial charge in [-0.15, -0.1) is 0 Å². The van der Waals surface area contributed by atoms with Crippen molar-refractivity contribution in [2.45, 2.75) is 0 Å². The van der Waals surface area contributed by atoms with Crippen molar-refractivity contribution in [3.63, 3.8) is 0 Å². The molecule has 0 aliphatic carbocycles. The third kappa shape index (κ3) is 3.04. The zero-order chi connectivity index (χ0) is 12.8. The Morgan fingerprint density at radius 1 is 1.22 bits per heavy atom. The number of benzene rings is 1. The highest BCUT2D eigenvalue weighted by Crippen LogP contribution is 2.07. The van der Waals surface area contributed by atoms with E-state index in [-0.39, 0.29) is 5.90 Å². The van der Waals surface area contributed by atoms with Gasteiger partial charge >= 0.3 is 5.97 Å². The lowest BCUT2D eigenvalue weighted by atomic mass is 10.2. The van der Waals surface area contributed by atoms with Crippen LogP contribution in [0, 0.1) is 0 Å². The number of nitrogens with zero attached hydrogens (tertiary/aromatic N) is 2. The van der Waals surface area contributed by atoms with Gasteiger partial charge in [-0.05, 0) is 12.1 Å².